The van der Waals surface area contributed by atoms with Gasteiger partial charge in [0.2, 0.25) is 5.78 Å². The van der Waals surface area contributed by atoms with Crippen LogP contribution in [0.5, 0.6) is 11.5 Å². The molecule has 2 aromatic heterocycles. The SMILES string of the molecule is COc1cc(OC(=O)c2sccc2Cl)ccc1-c1ccc2c(c1C(O)C(=O)c1ccc(C)s1)C(C)=CC(C)(C)N2. The summed E-state index contributed by atoms with van der Waals surface area (Å²) in [6, 6.07) is 14.1. The number of methoxy groups -OCH3 is 1. The van der Waals surface area contributed by atoms with Crippen LogP contribution in [0.15, 0.2) is 60.0 Å². The minimum absolute atomic E-state index is 0.278. The summed E-state index contributed by atoms with van der Waals surface area (Å²) >= 11 is 8.65. The zero-order valence-corrected chi connectivity index (χ0v) is 25.0. The van der Waals surface area contributed by atoms with Crippen molar-refractivity contribution < 1.29 is 24.2 Å². The number of Topliss-reactive ketones (excluding diaryl/α,β-unsaturated/α-hetero) is 1. The molecule has 0 bridgehead atoms. The normalized spacial score (nSPS) is 14.5. The van der Waals surface area contributed by atoms with E-state index in [4.69, 9.17) is 21.1 Å². The third kappa shape index (κ3) is 5.32. The van der Waals surface area contributed by atoms with E-state index in [1.165, 1.54) is 29.8 Å². The third-order valence-electron chi connectivity index (χ3n) is 6.66. The molecule has 2 N–H and O–H groups in total. The number of halogens is 1. The number of nitrogens with one attached hydrogen (secondary N) is 1. The minimum atomic E-state index is -1.42. The zero-order valence-electron chi connectivity index (χ0n) is 22.6. The quantitative estimate of drug-likeness (QED) is 0.128. The van der Waals surface area contributed by atoms with Gasteiger partial charge in [-0.1, -0.05) is 23.7 Å². The summed E-state index contributed by atoms with van der Waals surface area (Å²) in [7, 11) is 1.52. The van der Waals surface area contributed by atoms with Gasteiger partial charge >= 0.3 is 5.97 Å². The molecular weight excluding hydrogens is 566 g/mol. The minimum Gasteiger partial charge on any atom is -0.496 e. The molecule has 0 radical (unpaired) electrons. The number of hydrogen-bond donors (Lipinski definition) is 2. The second-order valence-corrected chi connectivity index (χ2v) is 12.8. The lowest BCUT2D eigenvalue weighted by molar-refractivity contribution is 0.0737. The molecule has 6 nitrogen and oxygen atoms in total. The number of hydrogen-bond acceptors (Lipinski definition) is 8. The van der Waals surface area contributed by atoms with Crippen LogP contribution in [0.4, 0.5) is 5.69 Å². The number of aliphatic hydroxyl groups excluding tert-OH is 1. The zero-order chi connectivity index (χ0) is 28.8. The Hall–Kier alpha value is -3.43. The Kier molecular flexibility index (Phi) is 7.63. The van der Waals surface area contributed by atoms with E-state index in [0.29, 0.717) is 37.2 Å². The fourth-order valence-corrected chi connectivity index (χ4v) is 6.89. The molecule has 1 aliphatic rings. The lowest BCUT2D eigenvalue weighted by Crippen LogP contribution is -2.32. The molecule has 3 heterocycles. The van der Waals surface area contributed by atoms with E-state index in [1.807, 2.05) is 32.0 Å². The molecular formula is C31H28ClNO5S2. The van der Waals surface area contributed by atoms with Crippen LogP contribution in [0, 0.1) is 6.92 Å². The molecule has 4 aromatic rings. The highest BCUT2D eigenvalue weighted by Gasteiger charge is 2.33. The monoisotopic (exact) mass is 593 g/mol. The molecule has 40 heavy (non-hydrogen) atoms. The summed E-state index contributed by atoms with van der Waals surface area (Å²) in [5, 5.41) is 17.2. The van der Waals surface area contributed by atoms with Gasteiger partial charge in [-0.3, -0.25) is 4.79 Å². The Balaban J connectivity index is 1.63. The lowest BCUT2D eigenvalue weighted by atomic mass is 9.82. The van der Waals surface area contributed by atoms with E-state index >= 15 is 0 Å². The van der Waals surface area contributed by atoms with Crippen molar-refractivity contribution in [3.05, 3.63) is 90.8 Å². The number of fused-ring (bicyclic) bond motifs is 1. The average Bonchev–Trinajstić information content (AvgIpc) is 3.54. The Morgan fingerprint density at radius 1 is 1.05 bits per heavy atom. The van der Waals surface area contributed by atoms with Gasteiger partial charge in [0.25, 0.3) is 0 Å². The maximum atomic E-state index is 13.6. The van der Waals surface area contributed by atoms with Crippen molar-refractivity contribution >= 4 is 57.3 Å². The summed E-state index contributed by atoms with van der Waals surface area (Å²) < 4.78 is 11.3. The van der Waals surface area contributed by atoms with Crippen LogP contribution in [0.1, 0.15) is 62.2 Å². The fourth-order valence-electron chi connectivity index (χ4n) is 5.05. The molecule has 0 amide bonds. The number of ether oxygens (including phenoxy) is 2. The maximum absolute atomic E-state index is 13.6. The highest BCUT2D eigenvalue weighted by atomic mass is 35.5. The Morgan fingerprint density at radius 2 is 1.80 bits per heavy atom. The largest absolute Gasteiger partial charge is 0.496 e. The van der Waals surface area contributed by atoms with Crippen molar-refractivity contribution in [2.45, 2.75) is 39.3 Å². The van der Waals surface area contributed by atoms with Crippen molar-refractivity contribution in [2.75, 3.05) is 12.4 Å². The van der Waals surface area contributed by atoms with Crippen LogP contribution in [-0.4, -0.2) is 29.5 Å². The van der Waals surface area contributed by atoms with Gasteiger partial charge in [0, 0.05) is 33.3 Å². The van der Waals surface area contributed by atoms with Gasteiger partial charge in [0.1, 0.15) is 22.5 Å². The number of benzene rings is 2. The molecule has 0 saturated heterocycles. The van der Waals surface area contributed by atoms with Gasteiger partial charge in [0.15, 0.2) is 0 Å². The van der Waals surface area contributed by atoms with Crippen LogP contribution >= 0.6 is 34.3 Å². The van der Waals surface area contributed by atoms with Gasteiger partial charge in [-0.25, -0.2) is 4.79 Å². The van der Waals surface area contributed by atoms with Crippen molar-refractivity contribution in [3.63, 3.8) is 0 Å². The number of ketones is 1. The van der Waals surface area contributed by atoms with Gasteiger partial charge in [-0.05, 0) is 80.6 Å². The first kappa shape index (κ1) is 28.1. The standard InChI is InChI=1S/C31H28ClNO5S2/c1-16-15-31(3,4)33-22-10-9-20(26(25(16)22)28(35)27(34)24-11-6-17(2)40-24)19-8-7-18(14-23(19)37-5)38-30(36)29-21(32)12-13-39-29/h6-15,28,33,35H,1-5H3. The Labute approximate surface area is 245 Å². The van der Waals surface area contributed by atoms with Crippen LogP contribution in [0.2, 0.25) is 5.02 Å². The van der Waals surface area contributed by atoms with Crippen LogP contribution < -0.4 is 14.8 Å². The number of anilines is 1. The molecule has 0 spiro atoms. The number of esters is 1. The molecule has 206 valence electrons. The average molecular weight is 594 g/mol. The number of aliphatic hydroxyl groups is 1. The second kappa shape index (κ2) is 10.9. The first-order valence-corrected chi connectivity index (χ1v) is 14.6. The topological polar surface area (TPSA) is 84.9 Å². The summed E-state index contributed by atoms with van der Waals surface area (Å²) in [6.07, 6.45) is 0.669. The van der Waals surface area contributed by atoms with Crippen molar-refractivity contribution in [1.29, 1.82) is 0 Å². The first-order chi connectivity index (χ1) is 19.0. The summed E-state index contributed by atoms with van der Waals surface area (Å²) in [5.74, 6) is -0.241. The Morgan fingerprint density at radius 3 is 2.45 bits per heavy atom. The molecule has 2 aromatic carbocycles. The van der Waals surface area contributed by atoms with Gasteiger partial charge < -0.3 is 19.9 Å². The summed E-state index contributed by atoms with van der Waals surface area (Å²) in [4.78, 5) is 28.0. The van der Waals surface area contributed by atoms with E-state index in [-0.39, 0.29) is 17.1 Å². The highest BCUT2D eigenvalue weighted by Crippen LogP contribution is 2.46. The molecule has 1 aliphatic heterocycles. The van der Waals surface area contributed by atoms with Gasteiger partial charge in [-0.15, -0.1) is 22.7 Å². The predicted molar refractivity (Wildman–Crippen MR) is 162 cm³/mol. The molecule has 5 rings (SSSR count). The third-order valence-corrected chi connectivity index (χ3v) is 8.99. The smallest absolute Gasteiger partial charge is 0.355 e. The number of aryl methyl sites for hydroxylation is 1. The molecule has 9 heteroatoms. The maximum Gasteiger partial charge on any atom is 0.355 e. The lowest BCUT2D eigenvalue weighted by Gasteiger charge is -2.34. The summed E-state index contributed by atoms with van der Waals surface area (Å²) in [5.41, 5.74) is 4.01. The molecule has 0 saturated carbocycles. The molecule has 1 unspecified atom stereocenters. The van der Waals surface area contributed by atoms with E-state index < -0.39 is 12.1 Å². The van der Waals surface area contributed by atoms with E-state index in [9.17, 15) is 14.7 Å². The number of allylic oxidation sites excluding steroid dienone is 1. The van der Waals surface area contributed by atoms with Crippen LogP contribution in [0.3, 0.4) is 0 Å². The van der Waals surface area contributed by atoms with E-state index in [1.54, 1.807) is 35.7 Å². The molecule has 0 fully saturated rings. The highest BCUT2D eigenvalue weighted by molar-refractivity contribution is 7.14. The van der Waals surface area contributed by atoms with Gasteiger partial charge in [0.05, 0.1) is 22.5 Å². The van der Waals surface area contributed by atoms with Crippen molar-refractivity contribution in [3.8, 4) is 22.6 Å². The van der Waals surface area contributed by atoms with Crippen molar-refractivity contribution in [2.24, 2.45) is 0 Å². The number of rotatable bonds is 7. The second-order valence-electron chi connectivity index (χ2n) is 10.1. The van der Waals surface area contributed by atoms with Crippen LogP contribution in [-0.2, 0) is 0 Å². The van der Waals surface area contributed by atoms with Gasteiger partial charge in [-0.2, -0.15) is 0 Å². The number of carbonyl (C=O) groups is 2. The number of carbonyl (C=O) groups excluding carboxylic acids is 2. The van der Waals surface area contributed by atoms with Crippen LogP contribution in [0.25, 0.3) is 16.7 Å². The molecule has 0 aliphatic carbocycles. The number of thiophene rings is 2. The van der Waals surface area contributed by atoms with E-state index in [2.05, 4.69) is 25.2 Å². The fraction of sp³-hybridized carbons (Fsp3) is 0.226. The molecule has 1 atom stereocenters. The Bertz CT molecular complexity index is 1670. The first-order valence-electron chi connectivity index (χ1n) is 12.6. The summed E-state index contributed by atoms with van der Waals surface area (Å²) in [6.45, 7) is 8.04. The van der Waals surface area contributed by atoms with Crippen molar-refractivity contribution in [1.82, 2.24) is 0 Å². The predicted octanol–water partition coefficient (Wildman–Crippen LogP) is 8.19. The van der Waals surface area contributed by atoms with E-state index in [0.717, 1.165) is 21.7 Å².